The number of hydrogen-bond donors (Lipinski definition) is 2. The van der Waals surface area contributed by atoms with Gasteiger partial charge >= 0.3 is 12.3 Å². The number of fused-ring (bicyclic) bond motifs is 1. The molecule has 0 radical (unpaired) electrons. The predicted octanol–water partition coefficient (Wildman–Crippen LogP) is 3.48. The molecule has 0 amide bonds. The van der Waals surface area contributed by atoms with Gasteiger partial charge in [0.15, 0.2) is 0 Å². The third-order valence-corrected chi connectivity index (χ3v) is 3.64. The molecule has 2 N–H and O–H groups in total. The lowest BCUT2D eigenvalue weighted by atomic mass is 9.97. The Morgan fingerprint density at radius 2 is 1.87 bits per heavy atom. The van der Waals surface area contributed by atoms with Crippen molar-refractivity contribution in [1.82, 2.24) is 5.32 Å². The molecule has 0 aliphatic carbocycles. The van der Waals surface area contributed by atoms with Crippen LogP contribution in [0.3, 0.4) is 0 Å². The SMILES string of the molecule is O=C(O)c1ccc2c(c1)CNC2c1ccc(OC(F)(F)F)cc1. The molecule has 1 atom stereocenters. The van der Waals surface area contributed by atoms with Crippen molar-refractivity contribution in [3.8, 4) is 5.75 Å². The van der Waals surface area contributed by atoms with Crippen LogP contribution in [0, 0.1) is 0 Å². The van der Waals surface area contributed by atoms with Crippen LogP contribution in [0.2, 0.25) is 0 Å². The van der Waals surface area contributed by atoms with E-state index in [1.54, 1.807) is 24.3 Å². The normalized spacial score (nSPS) is 16.9. The van der Waals surface area contributed by atoms with Gasteiger partial charge in [-0.05, 0) is 41.0 Å². The van der Waals surface area contributed by atoms with Gasteiger partial charge in [0.1, 0.15) is 5.75 Å². The summed E-state index contributed by atoms with van der Waals surface area (Å²) in [6.07, 6.45) is -4.72. The molecule has 0 aromatic heterocycles. The van der Waals surface area contributed by atoms with E-state index in [1.165, 1.54) is 18.2 Å². The smallest absolute Gasteiger partial charge is 0.478 e. The molecule has 7 heteroatoms. The van der Waals surface area contributed by atoms with Crippen LogP contribution in [0.4, 0.5) is 13.2 Å². The fourth-order valence-corrected chi connectivity index (χ4v) is 2.65. The predicted molar refractivity (Wildman–Crippen MR) is 75.2 cm³/mol. The minimum atomic E-state index is -4.72. The largest absolute Gasteiger partial charge is 0.573 e. The van der Waals surface area contributed by atoms with Gasteiger partial charge in [-0.3, -0.25) is 0 Å². The van der Waals surface area contributed by atoms with E-state index in [-0.39, 0.29) is 17.4 Å². The number of carboxylic acids is 1. The van der Waals surface area contributed by atoms with Crippen molar-refractivity contribution in [1.29, 1.82) is 0 Å². The number of carboxylic acid groups (broad SMARTS) is 1. The number of rotatable bonds is 3. The van der Waals surface area contributed by atoms with Gasteiger partial charge in [0, 0.05) is 6.54 Å². The second-order valence-electron chi connectivity index (χ2n) is 5.15. The average Bonchev–Trinajstić information content (AvgIpc) is 2.89. The molecule has 23 heavy (non-hydrogen) atoms. The van der Waals surface area contributed by atoms with Gasteiger partial charge < -0.3 is 15.2 Å². The number of hydrogen-bond acceptors (Lipinski definition) is 3. The molecule has 0 saturated carbocycles. The molecule has 1 unspecified atom stereocenters. The van der Waals surface area contributed by atoms with Crippen LogP contribution < -0.4 is 10.1 Å². The van der Waals surface area contributed by atoms with E-state index in [0.717, 1.165) is 16.7 Å². The molecule has 1 heterocycles. The van der Waals surface area contributed by atoms with Crippen LogP contribution >= 0.6 is 0 Å². The Morgan fingerprint density at radius 3 is 2.48 bits per heavy atom. The van der Waals surface area contributed by atoms with Crippen molar-refractivity contribution in [2.24, 2.45) is 0 Å². The molecule has 2 aromatic carbocycles. The van der Waals surface area contributed by atoms with E-state index in [2.05, 4.69) is 10.1 Å². The van der Waals surface area contributed by atoms with Gasteiger partial charge in [-0.1, -0.05) is 18.2 Å². The van der Waals surface area contributed by atoms with E-state index >= 15 is 0 Å². The first kappa shape index (κ1) is 15.4. The standard InChI is InChI=1S/C16H12F3NO3/c17-16(18,19)23-12-4-1-9(2-5-12)14-13-6-3-10(15(21)22)7-11(13)8-20-14/h1-7,14,20H,8H2,(H,21,22). The van der Waals surface area contributed by atoms with E-state index in [9.17, 15) is 18.0 Å². The summed E-state index contributed by atoms with van der Waals surface area (Å²) in [6, 6.07) is 10.3. The Morgan fingerprint density at radius 1 is 1.17 bits per heavy atom. The summed E-state index contributed by atoms with van der Waals surface area (Å²) in [5, 5.41) is 12.2. The van der Waals surface area contributed by atoms with Gasteiger partial charge in [-0.2, -0.15) is 0 Å². The third kappa shape index (κ3) is 3.29. The highest BCUT2D eigenvalue weighted by atomic mass is 19.4. The molecule has 0 spiro atoms. The lowest BCUT2D eigenvalue weighted by Gasteiger charge is -2.14. The van der Waals surface area contributed by atoms with Crippen molar-refractivity contribution in [3.05, 3.63) is 64.7 Å². The van der Waals surface area contributed by atoms with Crippen LogP contribution in [0.25, 0.3) is 0 Å². The number of benzene rings is 2. The van der Waals surface area contributed by atoms with Crippen LogP contribution in [0.5, 0.6) is 5.75 Å². The minimum Gasteiger partial charge on any atom is -0.478 e. The van der Waals surface area contributed by atoms with E-state index in [1.807, 2.05) is 0 Å². The van der Waals surface area contributed by atoms with Gasteiger partial charge in [-0.15, -0.1) is 13.2 Å². The van der Waals surface area contributed by atoms with Gasteiger partial charge in [0.25, 0.3) is 0 Å². The highest BCUT2D eigenvalue weighted by Gasteiger charge is 2.31. The fourth-order valence-electron chi connectivity index (χ4n) is 2.65. The number of halogens is 3. The first-order valence-corrected chi connectivity index (χ1v) is 6.79. The maximum absolute atomic E-state index is 12.2. The molecule has 0 saturated heterocycles. The second-order valence-corrected chi connectivity index (χ2v) is 5.15. The summed E-state index contributed by atoms with van der Waals surface area (Å²) in [4.78, 5) is 11.0. The van der Waals surface area contributed by atoms with Gasteiger partial charge in [0.2, 0.25) is 0 Å². The van der Waals surface area contributed by atoms with Crippen molar-refractivity contribution in [2.45, 2.75) is 18.9 Å². The summed E-state index contributed by atoms with van der Waals surface area (Å²) >= 11 is 0. The van der Waals surface area contributed by atoms with Crippen molar-refractivity contribution in [2.75, 3.05) is 0 Å². The maximum Gasteiger partial charge on any atom is 0.573 e. The molecule has 0 fully saturated rings. The number of ether oxygens (including phenoxy) is 1. The minimum absolute atomic E-state index is 0.187. The molecule has 1 aliphatic heterocycles. The highest BCUT2D eigenvalue weighted by molar-refractivity contribution is 5.88. The second kappa shape index (κ2) is 5.58. The van der Waals surface area contributed by atoms with Crippen LogP contribution in [-0.2, 0) is 6.54 Å². The average molecular weight is 323 g/mol. The summed E-state index contributed by atoms with van der Waals surface area (Å²) in [5.41, 5.74) is 2.77. The highest BCUT2D eigenvalue weighted by Crippen LogP contribution is 2.33. The Labute approximate surface area is 129 Å². The van der Waals surface area contributed by atoms with Crippen molar-refractivity contribution < 1.29 is 27.8 Å². The van der Waals surface area contributed by atoms with Crippen molar-refractivity contribution in [3.63, 3.8) is 0 Å². The molecule has 3 rings (SSSR count). The molecule has 2 aromatic rings. The Hall–Kier alpha value is -2.54. The third-order valence-electron chi connectivity index (χ3n) is 3.64. The molecule has 1 aliphatic rings. The van der Waals surface area contributed by atoms with Gasteiger partial charge in [-0.25, -0.2) is 4.79 Å². The summed E-state index contributed by atoms with van der Waals surface area (Å²) in [7, 11) is 0. The molecular formula is C16H12F3NO3. The lowest BCUT2D eigenvalue weighted by Crippen LogP contribution is -2.17. The van der Waals surface area contributed by atoms with Crippen molar-refractivity contribution >= 4 is 5.97 Å². The van der Waals surface area contributed by atoms with E-state index in [0.29, 0.717) is 6.54 Å². The van der Waals surface area contributed by atoms with E-state index in [4.69, 9.17) is 5.11 Å². The quantitative estimate of drug-likeness (QED) is 0.908. The number of aromatic carboxylic acids is 1. The lowest BCUT2D eigenvalue weighted by molar-refractivity contribution is -0.274. The first-order chi connectivity index (χ1) is 10.8. The van der Waals surface area contributed by atoms with Crippen LogP contribution in [-0.4, -0.2) is 17.4 Å². The molecule has 0 bridgehead atoms. The number of alkyl halides is 3. The molecule has 4 nitrogen and oxygen atoms in total. The first-order valence-electron chi connectivity index (χ1n) is 6.79. The number of nitrogens with one attached hydrogen (secondary N) is 1. The Balaban J connectivity index is 1.84. The summed E-state index contributed by atoms with van der Waals surface area (Å²) in [5.74, 6) is -1.27. The zero-order valence-corrected chi connectivity index (χ0v) is 11.7. The van der Waals surface area contributed by atoms with Gasteiger partial charge in [0.05, 0.1) is 11.6 Å². The zero-order chi connectivity index (χ0) is 16.6. The van der Waals surface area contributed by atoms with E-state index < -0.39 is 12.3 Å². The maximum atomic E-state index is 12.2. The zero-order valence-electron chi connectivity index (χ0n) is 11.7. The molecular weight excluding hydrogens is 311 g/mol. The summed E-state index contributed by atoms with van der Waals surface area (Å²) < 4.78 is 40.3. The Bertz CT molecular complexity index is 741. The monoisotopic (exact) mass is 323 g/mol. The number of carbonyl (C=O) groups is 1. The van der Waals surface area contributed by atoms with Crippen LogP contribution in [0.1, 0.15) is 33.1 Å². The van der Waals surface area contributed by atoms with Crippen LogP contribution in [0.15, 0.2) is 42.5 Å². The topological polar surface area (TPSA) is 58.6 Å². The fraction of sp³-hybridized carbons (Fsp3) is 0.188. The molecule has 120 valence electrons. The Kier molecular flexibility index (Phi) is 3.73. The summed E-state index contributed by atoms with van der Waals surface area (Å²) in [6.45, 7) is 0.502.